The van der Waals surface area contributed by atoms with Gasteiger partial charge >= 0.3 is 0 Å². The summed E-state index contributed by atoms with van der Waals surface area (Å²) >= 11 is 6.32. The molecule has 5 rings (SSSR count). The van der Waals surface area contributed by atoms with Crippen LogP contribution in [0.1, 0.15) is 53.9 Å². The van der Waals surface area contributed by atoms with Crippen LogP contribution in [0.3, 0.4) is 0 Å². The summed E-state index contributed by atoms with van der Waals surface area (Å²) < 4.78 is 54.6. The number of aliphatic hydroxyl groups excluding tert-OH is 1. The maximum absolute atomic E-state index is 13.9. The number of hydrogen-bond acceptors (Lipinski definition) is 6. The number of halogens is 3. The molecular formula is C29H29ClF2N2O5S. The summed E-state index contributed by atoms with van der Waals surface area (Å²) in [5.41, 5.74) is -0.343. The summed E-state index contributed by atoms with van der Waals surface area (Å²) in [6.45, 7) is 3.80. The molecule has 1 aromatic heterocycles. The minimum Gasteiger partial charge on any atom is -0.386 e. The first-order chi connectivity index (χ1) is 18.8. The lowest BCUT2D eigenvalue weighted by Crippen LogP contribution is -2.52. The number of sulfone groups is 1. The molecule has 0 aliphatic heterocycles. The summed E-state index contributed by atoms with van der Waals surface area (Å²) in [6, 6.07) is 10.2. The third-order valence-electron chi connectivity index (χ3n) is 8.43. The average Bonchev–Trinajstić information content (AvgIpc) is 3.02. The first kappa shape index (κ1) is 28.6. The van der Waals surface area contributed by atoms with Crippen molar-refractivity contribution in [1.82, 2.24) is 4.98 Å². The number of anilines is 1. The summed E-state index contributed by atoms with van der Waals surface area (Å²) in [5, 5.41) is 24.6. The topological polar surface area (TPSA) is 117 Å². The van der Waals surface area contributed by atoms with Crippen LogP contribution in [0.15, 0.2) is 59.6 Å². The number of pyridine rings is 1. The van der Waals surface area contributed by atoms with E-state index in [4.69, 9.17) is 11.6 Å². The Kier molecular flexibility index (Phi) is 7.50. The maximum atomic E-state index is 13.9. The molecular weight excluding hydrogens is 562 g/mol. The number of nitrogens with one attached hydrogen (secondary N) is 1. The number of rotatable bonds is 6. The van der Waals surface area contributed by atoms with Crippen LogP contribution >= 0.6 is 11.6 Å². The standard InChI is InChI=1S/C29H29ClF2N2O5S/c1-15-7-8-33-25(9-15)27(35)29(37)18-10-16(2)21(29)14-20(12-18)40(38,39)26-11-17(3-5-22(26)30)28(36)34-19-4-6-23(31)24(32)13-19/h3-9,11,13,16,18,20-21,27,35,37H,10,12,14H2,1-2H3,(H,34,36)/t16-,18?,20?,21?,27?,29+/m0/s1. The van der Waals surface area contributed by atoms with E-state index in [1.807, 2.05) is 13.8 Å². The summed E-state index contributed by atoms with van der Waals surface area (Å²) in [4.78, 5) is 16.8. The molecule has 212 valence electrons. The Morgan fingerprint density at radius 1 is 1.10 bits per heavy atom. The largest absolute Gasteiger partial charge is 0.386 e. The van der Waals surface area contributed by atoms with Crippen molar-refractivity contribution in [1.29, 1.82) is 0 Å². The van der Waals surface area contributed by atoms with Gasteiger partial charge in [-0.05, 0) is 92.0 Å². The van der Waals surface area contributed by atoms with Crippen molar-refractivity contribution in [3.63, 3.8) is 0 Å². The Balaban J connectivity index is 1.41. The zero-order valence-corrected chi connectivity index (χ0v) is 23.4. The Morgan fingerprint density at radius 3 is 2.52 bits per heavy atom. The van der Waals surface area contributed by atoms with Crippen molar-refractivity contribution in [3.05, 3.63) is 88.2 Å². The van der Waals surface area contributed by atoms with E-state index >= 15 is 0 Å². The van der Waals surface area contributed by atoms with Gasteiger partial charge in [-0.3, -0.25) is 9.78 Å². The quantitative estimate of drug-likeness (QED) is 0.361. The molecule has 2 aliphatic rings. The zero-order valence-electron chi connectivity index (χ0n) is 21.8. The molecule has 1 amide bonds. The van der Waals surface area contributed by atoms with Gasteiger partial charge < -0.3 is 15.5 Å². The smallest absolute Gasteiger partial charge is 0.255 e. The fourth-order valence-corrected chi connectivity index (χ4v) is 8.78. The Labute approximate surface area is 236 Å². The molecule has 6 atom stereocenters. The van der Waals surface area contributed by atoms with Crippen LogP contribution in [0.25, 0.3) is 0 Å². The van der Waals surface area contributed by atoms with Crippen LogP contribution in [-0.2, 0) is 9.84 Å². The molecule has 2 aliphatic carbocycles. The highest BCUT2D eigenvalue weighted by molar-refractivity contribution is 7.92. The number of carbonyl (C=O) groups excluding carboxylic acids is 1. The average molecular weight is 591 g/mol. The van der Waals surface area contributed by atoms with E-state index in [9.17, 15) is 32.2 Å². The number of aliphatic hydroxyl groups is 2. The Bertz CT molecular complexity index is 1590. The molecule has 2 bridgehead atoms. The van der Waals surface area contributed by atoms with E-state index in [2.05, 4.69) is 10.3 Å². The predicted molar refractivity (Wildman–Crippen MR) is 146 cm³/mol. The van der Waals surface area contributed by atoms with Gasteiger partial charge in [0.25, 0.3) is 5.91 Å². The van der Waals surface area contributed by atoms with E-state index in [0.717, 1.165) is 17.7 Å². The lowest BCUT2D eigenvalue weighted by Gasteiger charge is -2.45. The SMILES string of the molecule is Cc1ccnc(C(O)[C@@]2(O)C3CC(S(=O)(=O)c4cc(C(=O)Nc5ccc(F)c(F)c5)ccc4Cl)CC2[C@@H](C)C3)c1. The number of carbonyl (C=O) groups is 1. The molecule has 0 saturated heterocycles. The molecule has 2 saturated carbocycles. The van der Waals surface area contributed by atoms with Gasteiger partial charge in [-0.1, -0.05) is 18.5 Å². The number of aromatic nitrogens is 1. The lowest BCUT2D eigenvalue weighted by molar-refractivity contribution is -0.149. The van der Waals surface area contributed by atoms with Crippen molar-refractivity contribution in [3.8, 4) is 0 Å². The fourth-order valence-electron chi connectivity index (χ4n) is 6.41. The van der Waals surface area contributed by atoms with Gasteiger partial charge in [-0.15, -0.1) is 0 Å². The van der Waals surface area contributed by atoms with Gasteiger partial charge in [0.05, 0.1) is 20.9 Å². The van der Waals surface area contributed by atoms with Crippen LogP contribution < -0.4 is 5.32 Å². The van der Waals surface area contributed by atoms with Crippen LogP contribution in [0, 0.1) is 36.3 Å². The first-order valence-corrected chi connectivity index (χ1v) is 14.9. The number of aryl methyl sites for hydroxylation is 1. The molecule has 0 radical (unpaired) electrons. The minimum absolute atomic E-state index is 0.00189. The van der Waals surface area contributed by atoms with Crippen molar-refractivity contribution in [2.24, 2.45) is 17.8 Å². The Morgan fingerprint density at radius 2 is 1.85 bits per heavy atom. The van der Waals surface area contributed by atoms with Gasteiger partial charge in [0.15, 0.2) is 21.5 Å². The number of fused-ring (bicyclic) bond motifs is 2. The first-order valence-electron chi connectivity index (χ1n) is 12.9. The molecule has 4 unspecified atom stereocenters. The lowest BCUT2D eigenvalue weighted by atomic mass is 9.69. The molecule has 1 heterocycles. The van der Waals surface area contributed by atoms with Gasteiger partial charge in [-0.2, -0.15) is 0 Å². The number of amides is 1. The van der Waals surface area contributed by atoms with Crippen LogP contribution in [-0.4, -0.2) is 40.4 Å². The van der Waals surface area contributed by atoms with Gasteiger partial charge in [0.1, 0.15) is 11.7 Å². The second-order valence-electron chi connectivity index (χ2n) is 10.9. The van der Waals surface area contributed by atoms with Crippen molar-refractivity contribution in [2.45, 2.75) is 55.0 Å². The summed E-state index contributed by atoms with van der Waals surface area (Å²) in [6.07, 6.45) is 1.03. The molecule has 11 heteroatoms. The summed E-state index contributed by atoms with van der Waals surface area (Å²) in [5.74, 6) is -3.98. The predicted octanol–water partition coefficient (Wildman–Crippen LogP) is 5.25. The van der Waals surface area contributed by atoms with Crippen LogP contribution in [0.4, 0.5) is 14.5 Å². The minimum atomic E-state index is -4.06. The summed E-state index contributed by atoms with van der Waals surface area (Å²) in [7, 11) is -4.06. The number of benzene rings is 2. The second-order valence-corrected chi connectivity index (χ2v) is 13.5. The van der Waals surface area contributed by atoms with Crippen LogP contribution in [0.5, 0.6) is 0 Å². The van der Waals surface area contributed by atoms with E-state index < -0.39 is 56.2 Å². The molecule has 0 spiro atoms. The van der Waals surface area contributed by atoms with Crippen LogP contribution in [0.2, 0.25) is 5.02 Å². The van der Waals surface area contributed by atoms with E-state index in [1.54, 1.807) is 18.3 Å². The monoisotopic (exact) mass is 590 g/mol. The highest BCUT2D eigenvalue weighted by Crippen LogP contribution is 2.58. The van der Waals surface area contributed by atoms with E-state index in [-0.39, 0.29) is 39.9 Å². The van der Waals surface area contributed by atoms with Crippen molar-refractivity contribution < 1.29 is 32.2 Å². The highest BCUT2D eigenvalue weighted by Gasteiger charge is 2.62. The molecule has 3 aromatic rings. The van der Waals surface area contributed by atoms with Gasteiger partial charge in [0.2, 0.25) is 0 Å². The van der Waals surface area contributed by atoms with Gasteiger partial charge in [0, 0.05) is 23.5 Å². The van der Waals surface area contributed by atoms with E-state index in [1.165, 1.54) is 24.3 Å². The molecule has 3 N–H and O–H groups in total. The zero-order chi connectivity index (χ0) is 29.0. The van der Waals surface area contributed by atoms with E-state index in [0.29, 0.717) is 12.1 Å². The number of nitrogens with zero attached hydrogens (tertiary/aromatic N) is 1. The maximum Gasteiger partial charge on any atom is 0.255 e. The third kappa shape index (κ3) is 4.91. The fraction of sp³-hybridized carbons (Fsp3) is 0.379. The highest BCUT2D eigenvalue weighted by atomic mass is 35.5. The number of hydrogen-bond donors (Lipinski definition) is 3. The second kappa shape index (κ2) is 10.5. The molecule has 7 nitrogen and oxygen atoms in total. The van der Waals surface area contributed by atoms with Gasteiger partial charge in [-0.25, -0.2) is 17.2 Å². The molecule has 40 heavy (non-hydrogen) atoms. The third-order valence-corrected chi connectivity index (χ3v) is 11.1. The van der Waals surface area contributed by atoms with Crippen molar-refractivity contribution >= 4 is 33.0 Å². The molecule has 2 fully saturated rings. The normalized spacial score (nSPS) is 26.9. The molecule has 2 aromatic carbocycles. The van der Waals surface area contributed by atoms with Crippen molar-refractivity contribution in [2.75, 3.05) is 5.32 Å². The Hall–Kier alpha value is -2.92.